The summed E-state index contributed by atoms with van der Waals surface area (Å²) in [5.74, 6) is 0.256. The zero-order valence-corrected chi connectivity index (χ0v) is 6.76. The maximum Gasteiger partial charge on any atom is 0.225 e. The maximum atomic E-state index is 11.3. The molecule has 2 fully saturated rings. The molecule has 62 valence electrons. The van der Waals surface area contributed by atoms with Crippen LogP contribution in [-0.2, 0) is 4.79 Å². The Hall–Kier alpha value is -0.570. The highest BCUT2D eigenvalue weighted by molar-refractivity contribution is 5.83. The van der Waals surface area contributed by atoms with Gasteiger partial charge in [-0.25, -0.2) is 0 Å². The van der Waals surface area contributed by atoms with E-state index < -0.39 is 0 Å². The molecule has 2 rings (SSSR count). The van der Waals surface area contributed by atoms with E-state index in [1.165, 1.54) is 0 Å². The van der Waals surface area contributed by atoms with Crippen molar-refractivity contribution in [2.24, 2.45) is 11.7 Å². The minimum Gasteiger partial charge on any atom is -0.351 e. The molecule has 0 radical (unpaired) electrons. The van der Waals surface area contributed by atoms with Gasteiger partial charge in [-0.15, -0.1) is 0 Å². The fourth-order valence-corrected chi connectivity index (χ4v) is 2.22. The SMILES string of the molecule is C[C@@]12CC[C@@H](N)[C@@H](C1)C(=O)N2. The summed E-state index contributed by atoms with van der Waals surface area (Å²) in [7, 11) is 0. The van der Waals surface area contributed by atoms with Gasteiger partial charge in [-0.2, -0.15) is 0 Å². The lowest BCUT2D eigenvalue weighted by molar-refractivity contribution is -0.122. The largest absolute Gasteiger partial charge is 0.351 e. The Kier molecular flexibility index (Phi) is 1.27. The monoisotopic (exact) mass is 154 g/mol. The van der Waals surface area contributed by atoms with Crippen molar-refractivity contribution in [2.75, 3.05) is 0 Å². The van der Waals surface area contributed by atoms with E-state index in [1.54, 1.807) is 0 Å². The van der Waals surface area contributed by atoms with E-state index in [1.807, 2.05) is 0 Å². The molecule has 1 heterocycles. The lowest BCUT2D eigenvalue weighted by atomic mass is 9.79. The summed E-state index contributed by atoms with van der Waals surface area (Å²) in [6.45, 7) is 2.11. The molecule has 0 spiro atoms. The highest BCUT2D eigenvalue weighted by Crippen LogP contribution is 2.36. The van der Waals surface area contributed by atoms with E-state index in [9.17, 15) is 4.79 Å². The topological polar surface area (TPSA) is 55.1 Å². The van der Waals surface area contributed by atoms with E-state index in [-0.39, 0.29) is 23.4 Å². The molecule has 0 aromatic carbocycles. The third-order valence-corrected chi connectivity index (χ3v) is 2.98. The number of hydrogen-bond acceptors (Lipinski definition) is 2. The van der Waals surface area contributed by atoms with E-state index in [0.29, 0.717) is 0 Å². The van der Waals surface area contributed by atoms with Crippen molar-refractivity contribution < 1.29 is 4.79 Å². The summed E-state index contributed by atoms with van der Waals surface area (Å²) in [6.07, 6.45) is 2.96. The molecule has 0 aromatic rings. The summed E-state index contributed by atoms with van der Waals surface area (Å²) in [5.41, 5.74) is 5.87. The first-order valence-corrected chi connectivity index (χ1v) is 4.18. The van der Waals surface area contributed by atoms with Gasteiger partial charge in [0.1, 0.15) is 0 Å². The van der Waals surface area contributed by atoms with E-state index in [0.717, 1.165) is 19.3 Å². The minimum atomic E-state index is 0.0671. The van der Waals surface area contributed by atoms with Gasteiger partial charge < -0.3 is 11.1 Å². The molecule has 1 aliphatic carbocycles. The van der Waals surface area contributed by atoms with Crippen LogP contribution >= 0.6 is 0 Å². The van der Waals surface area contributed by atoms with Crippen LogP contribution in [0, 0.1) is 5.92 Å². The Balaban J connectivity index is 2.24. The number of hydrogen-bond donors (Lipinski definition) is 2. The molecule has 11 heavy (non-hydrogen) atoms. The number of amides is 1. The normalized spacial score (nSPS) is 49.1. The summed E-state index contributed by atoms with van der Waals surface area (Å²) >= 11 is 0. The zero-order chi connectivity index (χ0) is 8.06. The molecule has 1 saturated heterocycles. The number of carbonyl (C=O) groups excluding carboxylic acids is 1. The molecular weight excluding hydrogens is 140 g/mol. The summed E-state index contributed by atoms with van der Waals surface area (Å²) in [5, 5.41) is 3.00. The number of carbonyl (C=O) groups is 1. The van der Waals surface area contributed by atoms with Crippen LogP contribution in [-0.4, -0.2) is 17.5 Å². The van der Waals surface area contributed by atoms with Crippen LogP contribution in [0.4, 0.5) is 0 Å². The second kappa shape index (κ2) is 1.97. The number of nitrogens with two attached hydrogens (primary N) is 1. The smallest absolute Gasteiger partial charge is 0.225 e. The van der Waals surface area contributed by atoms with Gasteiger partial charge in [0.25, 0.3) is 0 Å². The van der Waals surface area contributed by atoms with Crippen molar-refractivity contribution in [3.63, 3.8) is 0 Å². The van der Waals surface area contributed by atoms with Gasteiger partial charge in [-0.05, 0) is 26.2 Å². The predicted molar refractivity (Wildman–Crippen MR) is 41.9 cm³/mol. The molecule has 0 aromatic heterocycles. The number of rotatable bonds is 0. The Labute approximate surface area is 66.3 Å². The lowest BCUT2D eigenvalue weighted by Gasteiger charge is -2.30. The molecule has 1 saturated carbocycles. The molecule has 1 amide bonds. The molecule has 2 bridgehead atoms. The number of nitrogens with one attached hydrogen (secondary N) is 1. The molecule has 3 nitrogen and oxygen atoms in total. The van der Waals surface area contributed by atoms with Crippen molar-refractivity contribution in [3.8, 4) is 0 Å². The van der Waals surface area contributed by atoms with Crippen molar-refractivity contribution in [3.05, 3.63) is 0 Å². The van der Waals surface area contributed by atoms with Gasteiger partial charge in [-0.3, -0.25) is 4.79 Å². The van der Waals surface area contributed by atoms with Gasteiger partial charge in [0.05, 0.1) is 5.92 Å². The Morgan fingerprint density at radius 1 is 1.73 bits per heavy atom. The van der Waals surface area contributed by atoms with E-state index in [4.69, 9.17) is 5.73 Å². The summed E-state index contributed by atoms with van der Waals surface area (Å²) < 4.78 is 0. The van der Waals surface area contributed by atoms with Crippen molar-refractivity contribution in [1.29, 1.82) is 0 Å². The fourth-order valence-electron chi connectivity index (χ4n) is 2.22. The molecule has 3 heteroatoms. The lowest BCUT2D eigenvalue weighted by Crippen LogP contribution is -2.40. The van der Waals surface area contributed by atoms with Gasteiger partial charge in [0.15, 0.2) is 0 Å². The van der Waals surface area contributed by atoms with Crippen molar-refractivity contribution in [2.45, 2.75) is 37.8 Å². The first kappa shape index (κ1) is 7.10. The Morgan fingerprint density at radius 3 is 3.09 bits per heavy atom. The first-order valence-electron chi connectivity index (χ1n) is 4.18. The summed E-state index contributed by atoms with van der Waals surface area (Å²) in [6, 6.07) is 0.102. The second-order valence-electron chi connectivity index (χ2n) is 4.06. The standard InChI is InChI=1S/C8H14N2O/c1-8-3-2-6(9)5(4-8)7(11)10-8/h5-6H,2-4,9H2,1H3,(H,10,11)/t5-,6-,8-/m1/s1. The first-order chi connectivity index (χ1) is 5.11. The predicted octanol–water partition coefficient (Wildman–Crippen LogP) is 0.00230. The summed E-state index contributed by atoms with van der Waals surface area (Å²) in [4.78, 5) is 11.3. The van der Waals surface area contributed by atoms with Crippen LogP contribution in [0.3, 0.4) is 0 Å². The molecule has 3 atom stereocenters. The van der Waals surface area contributed by atoms with Crippen LogP contribution in [0.5, 0.6) is 0 Å². The second-order valence-corrected chi connectivity index (χ2v) is 4.06. The molecule has 1 aliphatic heterocycles. The van der Waals surface area contributed by atoms with Gasteiger partial charge >= 0.3 is 0 Å². The third-order valence-electron chi connectivity index (χ3n) is 2.98. The zero-order valence-electron chi connectivity index (χ0n) is 6.76. The van der Waals surface area contributed by atoms with Gasteiger partial charge in [0.2, 0.25) is 5.91 Å². The average molecular weight is 154 g/mol. The van der Waals surface area contributed by atoms with Crippen molar-refractivity contribution in [1.82, 2.24) is 5.32 Å². The van der Waals surface area contributed by atoms with Crippen LogP contribution < -0.4 is 11.1 Å². The van der Waals surface area contributed by atoms with E-state index in [2.05, 4.69) is 12.2 Å². The number of fused-ring (bicyclic) bond motifs is 2. The molecule has 2 aliphatic rings. The quantitative estimate of drug-likeness (QED) is 0.516. The fraction of sp³-hybridized carbons (Fsp3) is 0.875. The maximum absolute atomic E-state index is 11.3. The minimum absolute atomic E-state index is 0.0671. The Bertz CT molecular complexity index is 204. The highest BCUT2D eigenvalue weighted by atomic mass is 16.2. The van der Waals surface area contributed by atoms with Gasteiger partial charge in [-0.1, -0.05) is 0 Å². The van der Waals surface area contributed by atoms with E-state index >= 15 is 0 Å². The van der Waals surface area contributed by atoms with Crippen molar-refractivity contribution >= 4 is 5.91 Å². The molecule has 0 unspecified atom stereocenters. The van der Waals surface area contributed by atoms with Gasteiger partial charge in [0, 0.05) is 11.6 Å². The highest BCUT2D eigenvalue weighted by Gasteiger charge is 2.46. The average Bonchev–Trinajstić information content (AvgIpc) is 2.18. The molecule has 3 N–H and O–H groups in total. The van der Waals surface area contributed by atoms with Crippen LogP contribution in [0.2, 0.25) is 0 Å². The third kappa shape index (κ3) is 0.948. The van der Waals surface area contributed by atoms with Crippen LogP contribution in [0.25, 0.3) is 0 Å². The van der Waals surface area contributed by atoms with Crippen LogP contribution in [0.1, 0.15) is 26.2 Å². The van der Waals surface area contributed by atoms with Crippen LogP contribution in [0.15, 0.2) is 0 Å². The molecular formula is C8H14N2O. The Morgan fingerprint density at radius 2 is 2.45 bits per heavy atom.